The zero-order valence-corrected chi connectivity index (χ0v) is 13.6. The first kappa shape index (κ1) is 18.3. The average molecular weight is 376 g/mol. The van der Waals surface area contributed by atoms with Crippen LogP contribution in [0.4, 0.5) is 17.6 Å². The number of amides is 1. The fourth-order valence-electron chi connectivity index (χ4n) is 2.75. The van der Waals surface area contributed by atoms with Crippen LogP contribution in [0, 0.1) is 17.5 Å². The number of halogens is 4. The number of carbonyl (C=O) groups excluding carboxylic acids is 1. The van der Waals surface area contributed by atoms with Crippen LogP contribution in [0.15, 0.2) is 41.5 Å². The van der Waals surface area contributed by atoms with E-state index in [1.165, 1.54) is 24.4 Å². The van der Waals surface area contributed by atoms with Crippen LogP contribution in [0.5, 0.6) is 0 Å². The van der Waals surface area contributed by atoms with Crippen LogP contribution in [0.1, 0.15) is 15.9 Å². The Morgan fingerprint density at radius 2 is 1.74 bits per heavy atom. The maximum Gasteiger partial charge on any atom is 0.280 e. The molecule has 27 heavy (non-hydrogen) atoms. The molecule has 3 aromatic rings. The molecule has 2 aromatic carbocycles. The lowest BCUT2D eigenvalue weighted by Crippen LogP contribution is -2.24. The minimum Gasteiger partial charge on any atom is -0.370 e. The predicted octanol–water partition coefficient (Wildman–Crippen LogP) is 3.20. The molecule has 0 aliphatic rings. The van der Waals surface area contributed by atoms with Crippen LogP contribution in [0.2, 0.25) is 0 Å². The molecule has 3 rings (SSSR count). The highest BCUT2D eigenvalue weighted by Gasteiger charge is 2.19. The number of aliphatic imine (C=N–C) groups is 1. The molecule has 0 saturated heterocycles. The molecule has 0 radical (unpaired) electrons. The highest BCUT2D eigenvalue weighted by Crippen LogP contribution is 2.34. The quantitative estimate of drug-likeness (QED) is 0.417. The molecular weight excluding hydrogens is 364 g/mol. The van der Waals surface area contributed by atoms with Crippen LogP contribution in [0.3, 0.4) is 0 Å². The van der Waals surface area contributed by atoms with E-state index in [2.05, 4.69) is 9.98 Å². The Morgan fingerprint density at radius 1 is 1.07 bits per heavy atom. The van der Waals surface area contributed by atoms with Crippen molar-refractivity contribution in [3.8, 4) is 11.1 Å². The number of alkyl halides is 1. The summed E-state index contributed by atoms with van der Waals surface area (Å²) >= 11 is 0. The molecule has 0 saturated carbocycles. The number of hydrogen-bond donors (Lipinski definition) is 2. The average Bonchev–Trinajstić information content (AvgIpc) is 2.59. The summed E-state index contributed by atoms with van der Waals surface area (Å²) in [6.45, 7) is -0.996. The van der Waals surface area contributed by atoms with Gasteiger partial charge < -0.3 is 11.5 Å². The predicted molar refractivity (Wildman–Crippen MR) is 92.0 cm³/mol. The van der Waals surface area contributed by atoms with Gasteiger partial charge in [-0.3, -0.25) is 9.78 Å². The van der Waals surface area contributed by atoms with Gasteiger partial charge in [-0.2, -0.15) is 4.99 Å². The van der Waals surface area contributed by atoms with Crippen LogP contribution < -0.4 is 11.5 Å². The molecule has 4 N–H and O–H groups in total. The Kier molecular flexibility index (Phi) is 4.76. The van der Waals surface area contributed by atoms with Gasteiger partial charge in [0, 0.05) is 34.8 Å². The molecule has 0 unspecified atom stereocenters. The number of guanidine groups is 1. The summed E-state index contributed by atoms with van der Waals surface area (Å²) in [7, 11) is 0. The van der Waals surface area contributed by atoms with Crippen molar-refractivity contribution in [3.05, 3.63) is 65.1 Å². The molecular formula is C18H12F4N4O. The number of nitrogens with zero attached hydrogens (tertiary/aromatic N) is 2. The van der Waals surface area contributed by atoms with Crippen LogP contribution in [-0.2, 0) is 6.67 Å². The number of aromatic nitrogens is 1. The lowest BCUT2D eigenvalue weighted by Gasteiger charge is -2.12. The number of fused-ring (bicyclic) bond motifs is 1. The smallest absolute Gasteiger partial charge is 0.280 e. The molecule has 0 bridgehead atoms. The second-order valence-corrected chi connectivity index (χ2v) is 5.61. The fourth-order valence-corrected chi connectivity index (χ4v) is 2.75. The van der Waals surface area contributed by atoms with Crippen LogP contribution in [0.25, 0.3) is 22.0 Å². The number of benzene rings is 2. The zero-order chi connectivity index (χ0) is 19.7. The molecule has 138 valence electrons. The van der Waals surface area contributed by atoms with Gasteiger partial charge in [0.05, 0.1) is 11.1 Å². The van der Waals surface area contributed by atoms with E-state index in [9.17, 15) is 22.4 Å². The number of carbonyl (C=O) groups is 1. The monoisotopic (exact) mass is 376 g/mol. The first-order valence-electron chi connectivity index (χ1n) is 7.58. The number of nitrogens with two attached hydrogens (primary N) is 2. The van der Waals surface area contributed by atoms with E-state index in [4.69, 9.17) is 11.5 Å². The third kappa shape index (κ3) is 3.43. The fraction of sp³-hybridized carbons (Fsp3) is 0.0556. The molecule has 1 amide bonds. The van der Waals surface area contributed by atoms with Gasteiger partial charge in [0.15, 0.2) is 5.96 Å². The molecule has 1 aromatic heterocycles. The van der Waals surface area contributed by atoms with E-state index in [-0.39, 0.29) is 27.6 Å². The van der Waals surface area contributed by atoms with Gasteiger partial charge >= 0.3 is 0 Å². The van der Waals surface area contributed by atoms with Crippen molar-refractivity contribution in [1.29, 1.82) is 0 Å². The van der Waals surface area contributed by atoms with Gasteiger partial charge in [-0.15, -0.1) is 0 Å². The minimum atomic E-state index is -1.15. The highest BCUT2D eigenvalue weighted by atomic mass is 19.1. The van der Waals surface area contributed by atoms with Gasteiger partial charge in [-0.05, 0) is 23.8 Å². The highest BCUT2D eigenvalue weighted by molar-refractivity contribution is 6.06. The van der Waals surface area contributed by atoms with Crippen molar-refractivity contribution in [3.63, 3.8) is 0 Å². The number of hydrogen-bond acceptors (Lipinski definition) is 2. The number of pyridine rings is 1. The van der Waals surface area contributed by atoms with E-state index < -0.39 is 41.6 Å². The normalized spacial score (nSPS) is 10.8. The first-order chi connectivity index (χ1) is 12.8. The largest absolute Gasteiger partial charge is 0.370 e. The Hall–Kier alpha value is -3.49. The van der Waals surface area contributed by atoms with Crippen molar-refractivity contribution in [2.75, 3.05) is 0 Å². The summed E-state index contributed by atoms with van der Waals surface area (Å²) in [4.78, 5) is 19.5. The Labute approximate surface area is 150 Å². The van der Waals surface area contributed by atoms with Crippen molar-refractivity contribution in [2.45, 2.75) is 6.67 Å². The Bertz CT molecular complexity index is 1070. The van der Waals surface area contributed by atoms with E-state index in [1.54, 1.807) is 0 Å². The van der Waals surface area contributed by atoms with Gasteiger partial charge in [0.2, 0.25) is 0 Å². The molecule has 0 aliphatic carbocycles. The van der Waals surface area contributed by atoms with Gasteiger partial charge in [0.1, 0.15) is 24.1 Å². The SMILES string of the molecule is NC(N)=NC(=O)c1cc(CF)c2nccc(-c3c(F)cc(F)cc3F)c2c1. The maximum atomic E-state index is 14.2. The Balaban J connectivity index is 2.36. The summed E-state index contributed by atoms with van der Waals surface area (Å²) in [6, 6.07) is 4.77. The van der Waals surface area contributed by atoms with Crippen LogP contribution in [-0.4, -0.2) is 16.9 Å². The summed E-state index contributed by atoms with van der Waals surface area (Å²) < 4.78 is 55.2. The third-order valence-electron chi connectivity index (χ3n) is 3.82. The van der Waals surface area contributed by atoms with Crippen molar-refractivity contribution in [2.24, 2.45) is 16.5 Å². The van der Waals surface area contributed by atoms with Crippen LogP contribution >= 0.6 is 0 Å². The minimum absolute atomic E-state index is 0.00595. The van der Waals surface area contributed by atoms with Gasteiger partial charge in [-0.25, -0.2) is 17.6 Å². The summed E-state index contributed by atoms with van der Waals surface area (Å²) in [5.41, 5.74) is 9.80. The summed E-state index contributed by atoms with van der Waals surface area (Å²) in [5, 5.41) is 0.0891. The van der Waals surface area contributed by atoms with E-state index >= 15 is 0 Å². The van der Waals surface area contributed by atoms with Crippen molar-refractivity contribution in [1.82, 2.24) is 4.98 Å². The number of rotatable bonds is 3. The molecule has 0 spiro atoms. The first-order valence-corrected chi connectivity index (χ1v) is 7.58. The molecule has 9 heteroatoms. The van der Waals surface area contributed by atoms with Crippen molar-refractivity contribution < 1.29 is 22.4 Å². The lowest BCUT2D eigenvalue weighted by molar-refractivity contribution is 0.100. The third-order valence-corrected chi connectivity index (χ3v) is 3.82. The second-order valence-electron chi connectivity index (χ2n) is 5.61. The second kappa shape index (κ2) is 7.02. The molecule has 0 atom stereocenters. The molecule has 1 heterocycles. The summed E-state index contributed by atoms with van der Waals surface area (Å²) in [5.74, 6) is -4.74. The lowest BCUT2D eigenvalue weighted by atomic mass is 9.96. The van der Waals surface area contributed by atoms with E-state index in [0.29, 0.717) is 12.1 Å². The molecule has 5 nitrogen and oxygen atoms in total. The zero-order valence-electron chi connectivity index (χ0n) is 13.6. The summed E-state index contributed by atoms with van der Waals surface area (Å²) in [6.07, 6.45) is 1.23. The maximum absolute atomic E-state index is 14.2. The van der Waals surface area contributed by atoms with E-state index in [1.807, 2.05) is 0 Å². The topological polar surface area (TPSA) is 94.4 Å². The molecule has 0 aliphatic heterocycles. The Morgan fingerprint density at radius 3 is 2.33 bits per heavy atom. The standard InChI is InChI=1S/C18H12F4N4O/c19-7-9-3-8(17(27)26-18(23)24)4-12-11(1-2-25-16(9)12)15-13(21)5-10(20)6-14(15)22/h1-6H,7H2,(H4,23,24,26,27). The van der Waals surface area contributed by atoms with E-state index in [0.717, 1.165) is 0 Å². The molecule has 0 fully saturated rings. The van der Waals surface area contributed by atoms with Gasteiger partial charge in [-0.1, -0.05) is 0 Å². The van der Waals surface area contributed by atoms with Gasteiger partial charge in [0.25, 0.3) is 5.91 Å². The van der Waals surface area contributed by atoms with Crippen molar-refractivity contribution >= 4 is 22.8 Å².